The van der Waals surface area contributed by atoms with Gasteiger partial charge in [0.05, 0.1) is 13.2 Å². The van der Waals surface area contributed by atoms with Crippen LogP contribution in [-0.2, 0) is 4.74 Å². The van der Waals surface area contributed by atoms with Crippen LogP contribution in [0.25, 0.3) is 11.4 Å². The predicted molar refractivity (Wildman–Crippen MR) is 77.4 cm³/mol. The van der Waals surface area contributed by atoms with E-state index in [4.69, 9.17) is 10.5 Å². The van der Waals surface area contributed by atoms with Crippen LogP contribution in [0.1, 0.15) is 5.56 Å². The fraction of sp³-hybridized carbons (Fsp3) is 0.357. The molecule has 1 saturated heterocycles. The first kappa shape index (κ1) is 12.8. The Labute approximate surface area is 117 Å². The molecule has 20 heavy (non-hydrogen) atoms. The molecule has 1 fully saturated rings. The van der Waals surface area contributed by atoms with Gasteiger partial charge in [-0.25, -0.2) is 0 Å². The van der Waals surface area contributed by atoms with Gasteiger partial charge in [-0.05, 0) is 6.92 Å². The number of hydrogen-bond acceptors (Lipinski definition) is 6. The van der Waals surface area contributed by atoms with Crippen LogP contribution in [0.5, 0.6) is 0 Å². The molecule has 3 rings (SSSR count). The Morgan fingerprint density at radius 2 is 1.75 bits per heavy atom. The summed E-state index contributed by atoms with van der Waals surface area (Å²) in [5.41, 5.74) is 7.96. The lowest BCUT2D eigenvalue weighted by molar-refractivity contribution is 0.122. The molecule has 0 aliphatic carbocycles. The van der Waals surface area contributed by atoms with Crippen molar-refractivity contribution < 1.29 is 4.74 Å². The third-order valence-electron chi connectivity index (χ3n) is 3.24. The van der Waals surface area contributed by atoms with E-state index >= 15 is 0 Å². The number of aryl methyl sites for hydroxylation is 1. The Morgan fingerprint density at radius 3 is 2.45 bits per heavy atom. The summed E-state index contributed by atoms with van der Waals surface area (Å²) in [4.78, 5) is 15.0. The van der Waals surface area contributed by atoms with Gasteiger partial charge in [-0.15, -0.1) is 0 Å². The van der Waals surface area contributed by atoms with Gasteiger partial charge in [-0.1, -0.05) is 29.8 Å². The number of morpholine rings is 1. The number of nitrogens with two attached hydrogens (primary N) is 1. The molecule has 2 aromatic rings. The quantitative estimate of drug-likeness (QED) is 0.886. The molecule has 0 spiro atoms. The van der Waals surface area contributed by atoms with Gasteiger partial charge in [-0.3, -0.25) is 0 Å². The number of benzene rings is 1. The van der Waals surface area contributed by atoms with Crippen molar-refractivity contribution in [1.29, 1.82) is 0 Å². The molecule has 1 aliphatic heterocycles. The van der Waals surface area contributed by atoms with E-state index in [0.29, 0.717) is 25.0 Å². The Bertz CT molecular complexity index is 593. The zero-order valence-corrected chi connectivity index (χ0v) is 11.4. The summed E-state index contributed by atoms with van der Waals surface area (Å²) in [6.45, 7) is 4.97. The van der Waals surface area contributed by atoms with E-state index in [1.54, 1.807) is 0 Å². The van der Waals surface area contributed by atoms with Gasteiger partial charge < -0.3 is 15.4 Å². The van der Waals surface area contributed by atoms with Gasteiger partial charge in [0.15, 0.2) is 5.82 Å². The maximum absolute atomic E-state index is 5.81. The Morgan fingerprint density at radius 1 is 1.05 bits per heavy atom. The minimum Gasteiger partial charge on any atom is -0.378 e. The molecule has 1 aliphatic rings. The van der Waals surface area contributed by atoms with Crippen LogP contribution in [0.15, 0.2) is 24.3 Å². The summed E-state index contributed by atoms with van der Waals surface area (Å²) >= 11 is 0. The molecule has 2 heterocycles. The minimum absolute atomic E-state index is 0.247. The number of hydrogen-bond donors (Lipinski definition) is 1. The molecule has 0 radical (unpaired) electrons. The van der Waals surface area contributed by atoms with Crippen molar-refractivity contribution in [2.75, 3.05) is 36.9 Å². The standard InChI is InChI=1S/C14H17N5O/c1-10-2-4-11(5-3-10)12-16-13(15)18-14(17-12)19-6-8-20-9-7-19/h2-5H,6-9H2,1H3,(H2,15,16,17,18). The average Bonchev–Trinajstić information content (AvgIpc) is 2.48. The summed E-state index contributed by atoms with van der Waals surface area (Å²) < 4.78 is 5.34. The SMILES string of the molecule is Cc1ccc(-c2nc(N)nc(N3CCOCC3)n2)cc1. The number of nitrogens with zero attached hydrogens (tertiary/aromatic N) is 4. The Hall–Kier alpha value is -2.21. The van der Waals surface area contributed by atoms with Crippen molar-refractivity contribution >= 4 is 11.9 Å². The molecule has 6 heteroatoms. The van der Waals surface area contributed by atoms with Gasteiger partial charge in [0, 0.05) is 18.7 Å². The fourth-order valence-electron chi connectivity index (χ4n) is 2.12. The first-order valence-corrected chi connectivity index (χ1v) is 6.64. The van der Waals surface area contributed by atoms with E-state index in [1.807, 2.05) is 31.2 Å². The molecule has 2 N–H and O–H groups in total. The first-order chi connectivity index (χ1) is 9.72. The summed E-state index contributed by atoms with van der Waals surface area (Å²) in [5.74, 6) is 1.48. The fourth-order valence-corrected chi connectivity index (χ4v) is 2.12. The second-order valence-electron chi connectivity index (χ2n) is 4.78. The first-order valence-electron chi connectivity index (χ1n) is 6.64. The van der Waals surface area contributed by atoms with Crippen LogP contribution < -0.4 is 10.6 Å². The zero-order valence-electron chi connectivity index (χ0n) is 11.4. The van der Waals surface area contributed by atoms with Crippen LogP contribution in [0, 0.1) is 6.92 Å². The summed E-state index contributed by atoms with van der Waals surface area (Å²) in [6, 6.07) is 8.05. The molecular weight excluding hydrogens is 254 g/mol. The molecule has 0 saturated carbocycles. The van der Waals surface area contributed by atoms with E-state index in [9.17, 15) is 0 Å². The molecule has 0 atom stereocenters. The maximum Gasteiger partial charge on any atom is 0.230 e. The second-order valence-corrected chi connectivity index (χ2v) is 4.78. The number of anilines is 2. The number of nitrogen functional groups attached to an aromatic ring is 1. The minimum atomic E-state index is 0.247. The topological polar surface area (TPSA) is 77.2 Å². The molecule has 104 valence electrons. The summed E-state index contributed by atoms with van der Waals surface area (Å²) in [5, 5.41) is 0. The summed E-state index contributed by atoms with van der Waals surface area (Å²) in [6.07, 6.45) is 0. The van der Waals surface area contributed by atoms with Crippen molar-refractivity contribution in [3.63, 3.8) is 0 Å². The third-order valence-corrected chi connectivity index (χ3v) is 3.24. The lowest BCUT2D eigenvalue weighted by Gasteiger charge is -2.26. The van der Waals surface area contributed by atoms with Gasteiger partial charge >= 0.3 is 0 Å². The van der Waals surface area contributed by atoms with Gasteiger partial charge in [0.1, 0.15) is 0 Å². The van der Waals surface area contributed by atoms with Crippen LogP contribution in [0.2, 0.25) is 0 Å². The number of aromatic nitrogens is 3. The largest absolute Gasteiger partial charge is 0.378 e. The normalized spacial score (nSPS) is 15.3. The zero-order chi connectivity index (χ0) is 13.9. The van der Waals surface area contributed by atoms with E-state index in [2.05, 4.69) is 19.9 Å². The molecule has 0 unspecified atom stereocenters. The van der Waals surface area contributed by atoms with Crippen molar-refractivity contribution in [2.24, 2.45) is 0 Å². The molecule has 1 aromatic carbocycles. The predicted octanol–water partition coefficient (Wildman–Crippen LogP) is 1.27. The highest BCUT2D eigenvalue weighted by atomic mass is 16.5. The Kier molecular flexibility index (Phi) is 3.47. The van der Waals surface area contributed by atoms with Gasteiger partial charge in [0.25, 0.3) is 0 Å². The maximum atomic E-state index is 5.81. The lowest BCUT2D eigenvalue weighted by atomic mass is 10.1. The monoisotopic (exact) mass is 271 g/mol. The van der Waals surface area contributed by atoms with Crippen LogP contribution in [-0.4, -0.2) is 41.3 Å². The smallest absolute Gasteiger partial charge is 0.230 e. The molecule has 6 nitrogen and oxygen atoms in total. The highest BCUT2D eigenvalue weighted by Gasteiger charge is 2.16. The van der Waals surface area contributed by atoms with E-state index in [0.717, 1.165) is 18.7 Å². The highest BCUT2D eigenvalue weighted by molar-refractivity contribution is 5.58. The van der Waals surface area contributed by atoms with Crippen LogP contribution in [0.3, 0.4) is 0 Å². The number of rotatable bonds is 2. The van der Waals surface area contributed by atoms with E-state index < -0.39 is 0 Å². The van der Waals surface area contributed by atoms with Gasteiger partial charge in [-0.2, -0.15) is 15.0 Å². The van der Waals surface area contributed by atoms with E-state index in [-0.39, 0.29) is 5.95 Å². The highest BCUT2D eigenvalue weighted by Crippen LogP contribution is 2.19. The van der Waals surface area contributed by atoms with Crippen molar-refractivity contribution in [3.05, 3.63) is 29.8 Å². The Balaban J connectivity index is 1.95. The van der Waals surface area contributed by atoms with Gasteiger partial charge in [0.2, 0.25) is 11.9 Å². The molecule has 0 amide bonds. The second kappa shape index (κ2) is 5.42. The molecule has 1 aromatic heterocycles. The molecule has 0 bridgehead atoms. The van der Waals surface area contributed by atoms with Crippen molar-refractivity contribution in [3.8, 4) is 11.4 Å². The van der Waals surface area contributed by atoms with Crippen molar-refractivity contribution in [1.82, 2.24) is 15.0 Å². The van der Waals surface area contributed by atoms with Crippen molar-refractivity contribution in [2.45, 2.75) is 6.92 Å². The molecular formula is C14H17N5O. The lowest BCUT2D eigenvalue weighted by Crippen LogP contribution is -2.37. The van der Waals surface area contributed by atoms with Crippen LogP contribution >= 0.6 is 0 Å². The average molecular weight is 271 g/mol. The summed E-state index contributed by atoms with van der Waals surface area (Å²) in [7, 11) is 0. The van der Waals surface area contributed by atoms with E-state index in [1.165, 1.54) is 5.56 Å². The van der Waals surface area contributed by atoms with Crippen LogP contribution in [0.4, 0.5) is 11.9 Å². The number of ether oxygens (including phenoxy) is 1. The third kappa shape index (κ3) is 2.70.